The molecule has 0 atom stereocenters. The zero-order valence-corrected chi connectivity index (χ0v) is 10.1. The summed E-state index contributed by atoms with van der Waals surface area (Å²) in [6.45, 7) is 2.67. The van der Waals surface area contributed by atoms with Crippen LogP contribution in [0.4, 0.5) is 4.39 Å². The summed E-state index contributed by atoms with van der Waals surface area (Å²) in [6, 6.07) is 4.15. The summed E-state index contributed by atoms with van der Waals surface area (Å²) in [7, 11) is 0. The highest BCUT2D eigenvalue weighted by atomic mass is 79.9. The zero-order chi connectivity index (χ0) is 11.3. The molecule has 0 saturated heterocycles. The molecule has 0 unspecified atom stereocenters. The molecule has 1 amide bonds. The van der Waals surface area contributed by atoms with E-state index < -0.39 is 5.82 Å². The fraction of sp³-hybridized carbons (Fsp3) is 0.364. The third-order valence-corrected chi connectivity index (χ3v) is 2.40. The lowest BCUT2D eigenvalue weighted by atomic mass is 10.2. The highest BCUT2D eigenvalue weighted by Gasteiger charge is 2.07. The summed E-state index contributed by atoms with van der Waals surface area (Å²) in [5.41, 5.74) is 0.345. The van der Waals surface area contributed by atoms with Gasteiger partial charge in [-0.25, -0.2) is 4.39 Å². The Balaban J connectivity index is 2.65. The first-order chi connectivity index (χ1) is 7.13. The van der Waals surface area contributed by atoms with E-state index in [9.17, 15) is 9.18 Å². The average Bonchev–Trinajstić information content (AvgIpc) is 2.16. The molecule has 1 aromatic rings. The van der Waals surface area contributed by atoms with Crippen LogP contribution in [0.5, 0.6) is 0 Å². The predicted molar refractivity (Wildman–Crippen MR) is 61.3 cm³/mol. The van der Waals surface area contributed by atoms with E-state index in [1.807, 2.05) is 6.92 Å². The number of benzene rings is 1. The number of carbonyl (C=O) groups excluding carboxylic acids is 1. The van der Waals surface area contributed by atoms with E-state index >= 15 is 0 Å². The molecule has 82 valence electrons. The molecule has 0 aliphatic heterocycles. The first-order valence-electron chi connectivity index (χ1n) is 4.87. The smallest absolute Gasteiger partial charge is 0.251 e. The number of hydrogen-bond acceptors (Lipinski definition) is 1. The summed E-state index contributed by atoms with van der Waals surface area (Å²) in [4.78, 5) is 11.5. The quantitative estimate of drug-likeness (QED) is 0.840. The fourth-order valence-corrected chi connectivity index (χ4v) is 1.63. The Morgan fingerprint density at radius 1 is 1.47 bits per heavy atom. The van der Waals surface area contributed by atoms with Crippen LogP contribution in [-0.4, -0.2) is 12.5 Å². The maximum Gasteiger partial charge on any atom is 0.251 e. The van der Waals surface area contributed by atoms with Crippen molar-refractivity contribution in [3.63, 3.8) is 0 Å². The van der Waals surface area contributed by atoms with Gasteiger partial charge in [-0.3, -0.25) is 4.79 Å². The molecule has 1 aromatic carbocycles. The number of unbranched alkanes of at least 4 members (excludes halogenated alkanes) is 1. The van der Waals surface area contributed by atoms with Crippen LogP contribution in [0.1, 0.15) is 30.1 Å². The van der Waals surface area contributed by atoms with Gasteiger partial charge in [-0.15, -0.1) is 0 Å². The molecule has 4 heteroatoms. The van der Waals surface area contributed by atoms with Crippen LogP contribution in [-0.2, 0) is 0 Å². The SMILES string of the molecule is CCCCNC(=O)c1cc(F)cc(Br)c1. The largest absolute Gasteiger partial charge is 0.352 e. The average molecular weight is 274 g/mol. The third kappa shape index (κ3) is 4.00. The van der Waals surface area contributed by atoms with Gasteiger partial charge in [-0.2, -0.15) is 0 Å². The lowest BCUT2D eigenvalue weighted by Crippen LogP contribution is -2.24. The van der Waals surface area contributed by atoms with Crippen LogP contribution in [0.25, 0.3) is 0 Å². The van der Waals surface area contributed by atoms with Crippen molar-refractivity contribution >= 4 is 21.8 Å². The van der Waals surface area contributed by atoms with Crippen molar-refractivity contribution in [2.45, 2.75) is 19.8 Å². The summed E-state index contributed by atoms with van der Waals surface area (Å²) >= 11 is 3.14. The van der Waals surface area contributed by atoms with Crippen LogP contribution in [0.15, 0.2) is 22.7 Å². The molecule has 0 aliphatic carbocycles. The molecule has 15 heavy (non-hydrogen) atoms. The van der Waals surface area contributed by atoms with Gasteiger partial charge >= 0.3 is 0 Å². The van der Waals surface area contributed by atoms with Crippen molar-refractivity contribution in [1.29, 1.82) is 0 Å². The summed E-state index contributed by atoms with van der Waals surface area (Å²) in [6.07, 6.45) is 1.95. The van der Waals surface area contributed by atoms with Crippen molar-refractivity contribution in [2.75, 3.05) is 6.54 Å². The molecular formula is C11H13BrFNO. The minimum absolute atomic E-state index is 0.233. The van der Waals surface area contributed by atoms with Gasteiger partial charge in [0.05, 0.1) is 0 Å². The predicted octanol–water partition coefficient (Wildman–Crippen LogP) is 3.12. The van der Waals surface area contributed by atoms with Crippen LogP contribution in [0.3, 0.4) is 0 Å². The summed E-state index contributed by atoms with van der Waals surface area (Å²) < 4.78 is 13.5. The van der Waals surface area contributed by atoms with Crippen molar-refractivity contribution in [1.82, 2.24) is 5.32 Å². The normalized spacial score (nSPS) is 10.1. The van der Waals surface area contributed by atoms with Crippen LogP contribution in [0, 0.1) is 5.82 Å². The van der Waals surface area contributed by atoms with Crippen molar-refractivity contribution in [2.24, 2.45) is 0 Å². The minimum atomic E-state index is -0.412. The molecule has 0 fully saturated rings. The Morgan fingerprint density at radius 3 is 2.80 bits per heavy atom. The molecule has 0 saturated carbocycles. The summed E-state index contributed by atoms with van der Waals surface area (Å²) in [5, 5.41) is 2.73. The van der Waals surface area contributed by atoms with Gasteiger partial charge in [0, 0.05) is 16.6 Å². The Hall–Kier alpha value is -0.900. The number of halogens is 2. The van der Waals surface area contributed by atoms with Crippen LogP contribution >= 0.6 is 15.9 Å². The Labute approximate surface area is 97.0 Å². The van der Waals surface area contributed by atoms with Gasteiger partial charge in [0.25, 0.3) is 5.91 Å². The second-order valence-electron chi connectivity index (χ2n) is 3.27. The van der Waals surface area contributed by atoms with Gasteiger partial charge in [0.15, 0.2) is 0 Å². The molecule has 0 aliphatic rings. The van der Waals surface area contributed by atoms with Gasteiger partial charge in [-0.1, -0.05) is 29.3 Å². The van der Waals surface area contributed by atoms with Gasteiger partial charge in [-0.05, 0) is 24.6 Å². The lowest BCUT2D eigenvalue weighted by Gasteiger charge is -2.04. The van der Waals surface area contributed by atoms with Gasteiger partial charge in [0.2, 0.25) is 0 Å². The number of nitrogens with one attached hydrogen (secondary N) is 1. The van der Waals surface area contributed by atoms with E-state index in [4.69, 9.17) is 0 Å². The molecule has 1 rings (SSSR count). The molecule has 1 N–H and O–H groups in total. The fourth-order valence-electron chi connectivity index (χ4n) is 1.17. The molecule has 2 nitrogen and oxygen atoms in total. The Bertz CT molecular complexity index is 334. The van der Waals surface area contributed by atoms with E-state index in [1.54, 1.807) is 6.07 Å². The van der Waals surface area contributed by atoms with E-state index in [-0.39, 0.29) is 5.91 Å². The standard InChI is InChI=1S/C11H13BrFNO/c1-2-3-4-14-11(15)8-5-9(12)7-10(13)6-8/h5-7H,2-4H2,1H3,(H,14,15). The highest BCUT2D eigenvalue weighted by molar-refractivity contribution is 9.10. The second kappa shape index (κ2) is 5.85. The third-order valence-electron chi connectivity index (χ3n) is 1.94. The monoisotopic (exact) mass is 273 g/mol. The van der Waals surface area contributed by atoms with E-state index in [2.05, 4.69) is 21.2 Å². The van der Waals surface area contributed by atoms with Crippen LogP contribution < -0.4 is 5.32 Å². The first-order valence-corrected chi connectivity index (χ1v) is 5.67. The molecule has 0 heterocycles. The minimum Gasteiger partial charge on any atom is -0.352 e. The van der Waals surface area contributed by atoms with Crippen molar-refractivity contribution < 1.29 is 9.18 Å². The molecular weight excluding hydrogens is 261 g/mol. The van der Waals surface area contributed by atoms with Crippen molar-refractivity contribution in [3.05, 3.63) is 34.1 Å². The van der Waals surface area contributed by atoms with E-state index in [0.29, 0.717) is 16.6 Å². The maximum atomic E-state index is 13.0. The number of rotatable bonds is 4. The second-order valence-corrected chi connectivity index (χ2v) is 4.18. The van der Waals surface area contributed by atoms with Crippen LogP contribution in [0.2, 0.25) is 0 Å². The number of hydrogen-bond donors (Lipinski definition) is 1. The molecule has 0 spiro atoms. The maximum absolute atomic E-state index is 13.0. The Morgan fingerprint density at radius 2 is 2.20 bits per heavy atom. The van der Waals surface area contributed by atoms with E-state index in [0.717, 1.165) is 12.8 Å². The number of carbonyl (C=O) groups is 1. The first kappa shape index (κ1) is 12.2. The zero-order valence-electron chi connectivity index (χ0n) is 8.52. The van der Waals surface area contributed by atoms with E-state index in [1.165, 1.54) is 12.1 Å². The van der Waals surface area contributed by atoms with Gasteiger partial charge in [0.1, 0.15) is 5.82 Å². The lowest BCUT2D eigenvalue weighted by molar-refractivity contribution is 0.0952. The topological polar surface area (TPSA) is 29.1 Å². The number of amides is 1. The van der Waals surface area contributed by atoms with Gasteiger partial charge < -0.3 is 5.32 Å². The van der Waals surface area contributed by atoms with Crippen molar-refractivity contribution in [3.8, 4) is 0 Å². The highest BCUT2D eigenvalue weighted by Crippen LogP contribution is 2.14. The molecule has 0 radical (unpaired) electrons. The molecule has 0 aromatic heterocycles. The molecule has 0 bridgehead atoms. The Kier molecular flexibility index (Phi) is 4.75. The summed E-state index contributed by atoms with van der Waals surface area (Å²) in [5.74, 6) is -0.645.